The van der Waals surface area contributed by atoms with Crippen molar-refractivity contribution in [3.63, 3.8) is 0 Å². The first-order valence-electron chi connectivity index (χ1n) is 11.4. The monoisotopic (exact) mass is 489 g/mol. The van der Waals surface area contributed by atoms with Gasteiger partial charge in [0.05, 0.1) is 23.3 Å². The van der Waals surface area contributed by atoms with E-state index in [9.17, 15) is 9.59 Å². The molecule has 0 bridgehead atoms. The van der Waals surface area contributed by atoms with Crippen LogP contribution in [0.25, 0.3) is 22.0 Å². The molecule has 0 radical (unpaired) electrons. The van der Waals surface area contributed by atoms with Crippen molar-refractivity contribution < 1.29 is 9.53 Å². The molecule has 0 N–H and O–H groups in total. The number of methoxy groups -OCH3 is 1. The molecule has 4 aromatic rings. The average molecular weight is 490 g/mol. The predicted octanol–water partition coefficient (Wildman–Crippen LogP) is 5.99. The fraction of sp³-hybridized carbons (Fsp3) is 0.250. The number of hydrogen-bond donors (Lipinski definition) is 0. The van der Waals surface area contributed by atoms with Crippen LogP contribution in [0.4, 0.5) is 11.4 Å². The largest absolute Gasteiger partial charge is 0.464 e. The molecule has 0 spiro atoms. The number of anilines is 2. The van der Waals surface area contributed by atoms with E-state index in [1.54, 1.807) is 10.8 Å². The second-order valence-corrected chi connectivity index (χ2v) is 9.10. The normalized spacial score (nSPS) is 11.1. The van der Waals surface area contributed by atoms with E-state index < -0.39 is 5.97 Å². The van der Waals surface area contributed by atoms with E-state index in [-0.39, 0.29) is 11.3 Å². The Morgan fingerprint density at radius 3 is 2.49 bits per heavy atom. The highest BCUT2D eigenvalue weighted by Crippen LogP contribution is 2.37. The Kier molecular flexibility index (Phi) is 6.68. The number of carbonyl (C=O) groups excluding carboxylic acids is 1. The van der Waals surface area contributed by atoms with Gasteiger partial charge in [0, 0.05) is 48.1 Å². The number of rotatable bonds is 5. The number of fused-ring (bicyclic) bond motifs is 1. The SMILES string of the molecule is CCc1cc(N(C)c2ccc(-c3cnc(C(=O)OC)c(C)c3)c(Cl)c2)c2cc(C)c(=O)n(C)c2c1. The zero-order valence-corrected chi connectivity index (χ0v) is 21.5. The van der Waals surface area contributed by atoms with E-state index in [2.05, 4.69) is 28.9 Å². The summed E-state index contributed by atoms with van der Waals surface area (Å²) < 4.78 is 6.50. The zero-order chi connectivity index (χ0) is 25.4. The molecule has 0 fully saturated rings. The fourth-order valence-corrected chi connectivity index (χ4v) is 4.64. The van der Waals surface area contributed by atoms with Gasteiger partial charge in [0.2, 0.25) is 0 Å². The van der Waals surface area contributed by atoms with Gasteiger partial charge in [-0.25, -0.2) is 9.78 Å². The zero-order valence-electron chi connectivity index (χ0n) is 20.8. The van der Waals surface area contributed by atoms with Gasteiger partial charge in [0.15, 0.2) is 5.69 Å². The van der Waals surface area contributed by atoms with Gasteiger partial charge >= 0.3 is 5.97 Å². The highest BCUT2D eigenvalue weighted by atomic mass is 35.5. The Morgan fingerprint density at radius 2 is 1.86 bits per heavy atom. The first-order chi connectivity index (χ1) is 16.7. The Labute approximate surface area is 209 Å². The number of benzene rings is 2. The van der Waals surface area contributed by atoms with Crippen LogP contribution in [0.2, 0.25) is 5.02 Å². The molecule has 0 saturated carbocycles. The van der Waals surface area contributed by atoms with Crippen LogP contribution in [0.1, 0.15) is 34.1 Å². The second kappa shape index (κ2) is 9.55. The standard InChI is InChI=1S/C28H28ClN3O3/c1-7-18-12-24(22-11-17(3)27(33)32(5)25(22)13-18)31(4)20-8-9-21(23(29)14-20)19-10-16(2)26(30-15-19)28(34)35-6/h8-15H,7H2,1-6H3. The highest BCUT2D eigenvalue weighted by molar-refractivity contribution is 6.33. The molecule has 180 valence electrons. The number of ether oxygens (including phenoxy) is 1. The number of hydrogen-bond acceptors (Lipinski definition) is 5. The minimum Gasteiger partial charge on any atom is -0.464 e. The minimum atomic E-state index is -0.466. The molecule has 0 aliphatic rings. The van der Waals surface area contributed by atoms with Crippen molar-refractivity contribution in [2.75, 3.05) is 19.1 Å². The lowest BCUT2D eigenvalue weighted by atomic mass is 10.0. The van der Waals surface area contributed by atoms with E-state index in [0.717, 1.165) is 51.0 Å². The Hall–Kier alpha value is -3.64. The third-order valence-electron chi connectivity index (χ3n) is 6.44. The second-order valence-electron chi connectivity index (χ2n) is 8.70. The molecule has 0 aliphatic heterocycles. The molecule has 4 rings (SSSR count). The van der Waals surface area contributed by atoms with E-state index >= 15 is 0 Å². The van der Waals surface area contributed by atoms with Gasteiger partial charge in [-0.05, 0) is 67.8 Å². The molecule has 2 aromatic heterocycles. The summed E-state index contributed by atoms with van der Waals surface area (Å²) in [6.45, 7) is 5.76. The number of aromatic nitrogens is 2. The number of carbonyl (C=O) groups is 1. The number of esters is 1. The fourth-order valence-electron chi connectivity index (χ4n) is 4.36. The third-order valence-corrected chi connectivity index (χ3v) is 6.75. The topological polar surface area (TPSA) is 64.4 Å². The molecule has 0 atom stereocenters. The maximum Gasteiger partial charge on any atom is 0.356 e. The van der Waals surface area contributed by atoms with Gasteiger partial charge in [0.1, 0.15) is 0 Å². The van der Waals surface area contributed by atoms with E-state index in [4.69, 9.17) is 16.3 Å². The van der Waals surface area contributed by atoms with Crippen LogP contribution in [-0.2, 0) is 18.2 Å². The van der Waals surface area contributed by atoms with E-state index in [0.29, 0.717) is 10.6 Å². The van der Waals surface area contributed by atoms with Crippen molar-refractivity contribution in [3.05, 3.63) is 86.4 Å². The van der Waals surface area contributed by atoms with Crippen LogP contribution in [0.3, 0.4) is 0 Å². The van der Waals surface area contributed by atoms with Gasteiger partial charge in [-0.1, -0.05) is 24.6 Å². The lowest BCUT2D eigenvalue weighted by Crippen LogP contribution is -2.20. The minimum absolute atomic E-state index is 0.00822. The number of pyridine rings is 2. The first kappa shape index (κ1) is 24.5. The molecule has 2 heterocycles. The van der Waals surface area contributed by atoms with Gasteiger partial charge in [0.25, 0.3) is 5.56 Å². The van der Waals surface area contributed by atoms with Crippen molar-refractivity contribution in [2.45, 2.75) is 27.2 Å². The van der Waals surface area contributed by atoms with Gasteiger partial charge in [-0.2, -0.15) is 0 Å². The maximum absolute atomic E-state index is 12.6. The van der Waals surface area contributed by atoms with E-state index in [1.807, 2.05) is 58.3 Å². The highest BCUT2D eigenvalue weighted by Gasteiger charge is 2.17. The third kappa shape index (κ3) is 4.42. The molecular weight excluding hydrogens is 462 g/mol. The van der Waals surface area contributed by atoms with Gasteiger partial charge in [-0.15, -0.1) is 0 Å². The van der Waals surface area contributed by atoms with Crippen LogP contribution in [0.15, 0.2) is 53.5 Å². The molecule has 0 aliphatic carbocycles. The summed E-state index contributed by atoms with van der Waals surface area (Å²) in [6, 6.07) is 13.9. The lowest BCUT2D eigenvalue weighted by Gasteiger charge is -2.24. The van der Waals surface area contributed by atoms with Crippen molar-refractivity contribution in [3.8, 4) is 11.1 Å². The first-order valence-corrected chi connectivity index (χ1v) is 11.8. The molecule has 2 aromatic carbocycles. The maximum atomic E-state index is 12.6. The summed E-state index contributed by atoms with van der Waals surface area (Å²) in [5, 5.41) is 1.57. The van der Waals surface area contributed by atoms with Crippen LogP contribution in [-0.4, -0.2) is 29.7 Å². The van der Waals surface area contributed by atoms with Crippen LogP contribution in [0.5, 0.6) is 0 Å². The van der Waals surface area contributed by atoms with Crippen molar-refractivity contribution in [1.29, 1.82) is 0 Å². The number of nitrogens with zero attached hydrogens (tertiary/aromatic N) is 3. The van der Waals surface area contributed by atoms with Crippen LogP contribution >= 0.6 is 11.6 Å². The molecular formula is C28H28ClN3O3. The Balaban J connectivity index is 1.79. The van der Waals surface area contributed by atoms with Gasteiger partial charge in [-0.3, -0.25) is 4.79 Å². The Bertz CT molecular complexity index is 1520. The summed E-state index contributed by atoms with van der Waals surface area (Å²) in [5.41, 5.74) is 7.31. The quantitative estimate of drug-likeness (QED) is 0.322. The van der Waals surface area contributed by atoms with Crippen molar-refractivity contribution in [1.82, 2.24) is 9.55 Å². The van der Waals surface area contributed by atoms with Crippen molar-refractivity contribution >= 4 is 39.8 Å². The molecule has 0 unspecified atom stereocenters. The van der Waals surface area contributed by atoms with Crippen LogP contribution in [0, 0.1) is 13.8 Å². The lowest BCUT2D eigenvalue weighted by molar-refractivity contribution is 0.0593. The smallest absolute Gasteiger partial charge is 0.356 e. The summed E-state index contributed by atoms with van der Waals surface area (Å²) in [4.78, 5) is 30.8. The molecule has 0 saturated heterocycles. The molecule has 35 heavy (non-hydrogen) atoms. The summed E-state index contributed by atoms with van der Waals surface area (Å²) in [5.74, 6) is -0.466. The van der Waals surface area contributed by atoms with E-state index in [1.165, 1.54) is 7.11 Å². The summed E-state index contributed by atoms with van der Waals surface area (Å²) in [7, 11) is 5.15. The molecule has 7 heteroatoms. The number of aryl methyl sites for hydroxylation is 4. The predicted molar refractivity (Wildman–Crippen MR) is 142 cm³/mol. The summed E-state index contributed by atoms with van der Waals surface area (Å²) >= 11 is 6.73. The average Bonchev–Trinajstić information content (AvgIpc) is 2.86. The van der Waals surface area contributed by atoms with Crippen molar-refractivity contribution in [2.24, 2.45) is 7.05 Å². The molecule has 6 nitrogen and oxygen atoms in total. The van der Waals surface area contributed by atoms with Gasteiger partial charge < -0.3 is 14.2 Å². The molecule has 0 amide bonds. The Morgan fingerprint density at radius 1 is 1.11 bits per heavy atom. The van der Waals surface area contributed by atoms with Crippen LogP contribution < -0.4 is 10.5 Å². The summed E-state index contributed by atoms with van der Waals surface area (Å²) in [6.07, 6.45) is 2.48. The number of halogens is 1.